The number of methoxy groups -OCH3 is 1. The predicted octanol–water partition coefficient (Wildman–Crippen LogP) is 5.69. The molecule has 2 atom stereocenters. The number of carbonyl (C=O) groups is 2. The highest BCUT2D eigenvalue weighted by Crippen LogP contribution is 2.32. The number of fused-ring (bicyclic) bond motifs is 3. The van der Waals surface area contributed by atoms with Crippen molar-refractivity contribution >= 4 is 28.5 Å². The fraction of sp³-hybridized carbons (Fsp3) is 0.409. The number of aromatic nitrogens is 3. The van der Waals surface area contributed by atoms with Crippen molar-refractivity contribution in [2.24, 2.45) is 0 Å². The summed E-state index contributed by atoms with van der Waals surface area (Å²) in [5, 5.41) is 19.1. The molecule has 3 fully saturated rings. The Labute approximate surface area is 328 Å². The van der Waals surface area contributed by atoms with Gasteiger partial charge >= 0.3 is 0 Å². The quantitative estimate of drug-likeness (QED) is 0.113. The number of rotatable bonds is 14. The molecular weight excluding hydrogens is 705 g/mol. The number of aryl methyl sites for hydroxylation is 2. The SMILES string of the molecule is CCc1nc2c(cnn2CC)c(NC2CCOCC2)c1CNC(=O)c1cccc(C(=O)NCc2cc(-c3cccc(CN4C[C@@H]5C[C@H]4CN5)c3)ccc2OC)c1. The second kappa shape index (κ2) is 16.8. The van der Waals surface area contributed by atoms with Crippen molar-refractivity contribution in [1.82, 2.24) is 35.6 Å². The van der Waals surface area contributed by atoms with Gasteiger partial charge in [0.05, 0.1) is 24.4 Å². The molecule has 56 heavy (non-hydrogen) atoms. The average molecular weight is 757 g/mol. The summed E-state index contributed by atoms with van der Waals surface area (Å²) in [6.07, 6.45) is 5.60. The Morgan fingerprint density at radius 1 is 0.946 bits per heavy atom. The number of piperazine rings is 1. The molecule has 2 aromatic heterocycles. The van der Waals surface area contributed by atoms with Crippen molar-refractivity contribution in [3.05, 3.63) is 106 Å². The summed E-state index contributed by atoms with van der Waals surface area (Å²) in [6, 6.07) is 23.1. The number of benzene rings is 3. The van der Waals surface area contributed by atoms with E-state index in [0.29, 0.717) is 55.1 Å². The Morgan fingerprint density at radius 2 is 1.71 bits per heavy atom. The standard InChI is InChI=1S/C44H52N8O4/c1-4-39-37(41(49-34-14-16-56-17-15-34)38-25-48-52(5-2)42(38)50-39)24-47-44(54)32-11-7-10-31(20-32)43(53)46-22-33-19-30(12-13-40(33)55-3)29-9-6-8-28(18-29)26-51-27-35-21-36(51)23-45-35/h6-13,18-20,25,34-36,45H,4-5,14-17,21-24,26-27H2,1-3H3,(H,46,53)(H,47,54)(H,49,50)/t35-,36-/m0/s1. The summed E-state index contributed by atoms with van der Waals surface area (Å²) in [6.45, 7) is 9.93. The molecule has 12 heteroatoms. The van der Waals surface area contributed by atoms with Crippen LogP contribution in [-0.2, 0) is 37.3 Å². The fourth-order valence-corrected chi connectivity index (χ4v) is 8.47. The molecule has 3 aliphatic heterocycles. The molecule has 3 saturated heterocycles. The molecule has 0 unspecified atom stereocenters. The zero-order valence-electron chi connectivity index (χ0n) is 32.6. The van der Waals surface area contributed by atoms with E-state index in [-0.39, 0.29) is 30.9 Å². The highest BCUT2D eigenvalue weighted by Gasteiger charge is 2.37. The zero-order valence-corrected chi connectivity index (χ0v) is 32.6. The van der Waals surface area contributed by atoms with Crippen LogP contribution >= 0.6 is 0 Å². The van der Waals surface area contributed by atoms with Crippen LogP contribution in [0.25, 0.3) is 22.2 Å². The fourth-order valence-electron chi connectivity index (χ4n) is 8.47. The van der Waals surface area contributed by atoms with Gasteiger partial charge in [0.15, 0.2) is 5.65 Å². The number of amides is 2. The summed E-state index contributed by atoms with van der Waals surface area (Å²) >= 11 is 0. The van der Waals surface area contributed by atoms with Crippen LogP contribution in [0.3, 0.4) is 0 Å². The minimum absolute atomic E-state index is 0.250. The van der Waals surface area contributed by atoms with Gasteiger partial charge in [0.25, 0.3) is 11.8 Å². The average Bonchev–Trinajstić information content (AvgIpc) is 3.99. The third-order valence-corrected chi connectivity index (χ3v) is 11.5. The zero-order chi connectivity index (χ0) is 38.6. The second-order valence-corrected chi connectivity index (χ2v) is 15.1. The lowest BCUT2D eigenvalue weighted by Gasteiger charge is -2.27. The highest BCUT2D eigenvalue weighted by atomic mass is 16.5. The van der Waals surface area contributed by atoms with Gasteiger partial charge < -0.3 is 30.7 Å². The third kappa shape index (κ3) is 8.00. The predicted molar refractivity (Wildman–Crippen MR) is 218 cm³/mol. The molecule has 0 spiro atoms. The van der Waals surface area contributed by atoms with Gasteiger partial charge in [-0.25, -0.2) is 9.67 Å². The number of hydrogen-bond acceptors (Lipinski definition) is 9. The number of anilines is 1. The summed E-state index contributed by atoms with van der Waals surface area (Å²) in [5.41, 5.74) is 8.82. The summed E-state index contributed by atoms with van der Waals surface area (Å²) in [4.78, 5) is 34.8. The summed E-state index contributed by atoms with van der Waals surface area (Å²) in [7, 11) is 1.64. The maximum Gasteiger partial charge on any atom is 0.251 e. The lowest BCUT2D eigenvalue weighted by molar-refractivity contribution is 0.0904. The van der Waals surface area contributed by atoms with Crippen molar-refractivity contribution in [3.8, 4) is 16.9 Å². The van der Waals surface area contributed by atoms with Crippen molar-refractivity contribution in [1.29, 1.82) is 0 Å². The largest absolute Gasteiger partial charge is 0.496 e. The number of carbonyl (C=O) groups excluding carboxylic acids is 2. The topological polar surface area (TPSA) is 135 Å². The van der Waals surface area contributed by atoms with Crippen molar-refractivity contribution in [2.75, 3.05) is 38.7 Å². The van der Waals surface area contributed by atoms with E-state index in [1.165, 1.54) is 12.0 Å². The molecule has 292 valence electrons. The summed E-state index contributed by atoms with van der Waals surface area (Å²) in [5.74, 6) is 0.154. The molecule has 3 aliphatic rings. The Bertz CT molecular complexity index is 2210. The molecule has 5 aromatic rings. The van der Waals surface area contributed by atoms with Gasteiger partial charge in [0.2, 0.25) is 0 Å². The molecule has 0 radical (unpaired) electrons. The molecule has 0 saturated carbocycles. The normalized spacial score (nSPS) is 18.3. The molecule has 2 bridgehead atoms. The first kappa shape index (κ1) is 37.6. The molecule has 5 heterocycles. The van der Waals surface area contributed by atoms with Gasteiger partial charge in [0, 0.05) is 98.6 Å². The Kier molecular flexibility index (Phi) is 11.3. The first-order valence-electron chi connectivity index (χ1n) is 20.0. The van der Waals surface area contributed by atoms with Crippen LogP contribution in [0.2, 0.25) is 0 Å². The first-order valence-corrected chi connectivity index (χ1v) is 20.0. The van der Waals surface area contributed by atoms with Gasteiger partial charge in [-0.3, -0.25) is 14.5 Å². The van der Waals surface area contributed by atoms with Crippen LogP contribution in [-0.4, -0.2) is 83.0 Å². The van der Waals surface area contributed by atoms with Crippen LogP contribution in [0.4, 0.5) is 5.69 Å². The molecule has 3 aromatic carbocycles. The second-order valence-electron chi connectivity index (χ2n) is 15.1. The van der Waals surface area contributed by atoms with E-state index in [2.05, 4.69) is 81.5 Å². The Hall–Kier alpha value is -5.30. The van der Waals surface area contributed by atoms with Gasteiger partial charge in [-0.05, 0) is 85.7 Å². The van der Waals surface area contributed by atoms with E-state index in [4.69, 9.17) is 14.5 Å². The van der Waals surface area contributed by atoms with Gasteiger partial charge in [0.1, 0.15) is 5.75 Å². The Morgan fingerprint density at radius 3 is 2.43 bits per heavy atom. The van der Waals surface area contributed by atoms with E-state index in [1.54, 1.807) is 31.4 Å². The number of hydrogen-bond donors (Lipinski definition) is 4. The van der Waals surface area contributed by atoms with Crippen molar-refractivity contribution in [3.63, 3.8) is 0 Å². The number of nitrogens with one attached hydrogen (secondary N) is 4. The maximum absolute atomic E-state index is 13.7. The molecule has 8 rings (SSSR count). The molecule has 0 aliphatic carbocycles. The number of ether oxygens (including phenoxy) is 2. The van der Waals surface area contributed by atoms with Crippen LogP contribution in [0.5, 0.6) is 5.75 Å². The van der Waals surface area contributed by atoms with Crippen LogP contribution in [0, 0.1) is 0 Å². The minimum Gasteiger partial charge on any atom is -0.496 e. The monoisotopic (exact) mass is 756 g/mol. The lowest BCUT2D eigenvalue weighted by Crippen LogP contribution is -2.42. The number of pyridine rings is 1. The third-order valence-electron chi connectivity index (χ3n) is 11.5. The molecule has 4 N–H and O–H groups in total. The number of nitrogens with zero attached hydrogens (tertiary/aromatic N) is 4. The van der Waals surface area contributed by atoms with E-state index in [9.17, 15) is 9.59 Å². The van der Waals surface area contributed by atoms with E-state index < -0.39 is 0 Å². The molecule has 12 nitrogen and oxygen atoms in total. The van der Waals surface area contributed by atoms with Crippen LogP contribution in [0.15, 0.2) is 72.9 Å². The van der Waals surface area contributed by atoms with Gasteiger partial charge in [-0.2, -0.15) is 5.10 Å². The van der Waals surface area contributed by atoms with E-state index >= 15 is 0 Å². The van der Waals surface area contributed by atoms with Crippen molar-refractivity contribution < 1.29 is 19.1 Å². The van der Waals surface area contributed by atoms with Crippen LogP contribution in [0.1, 0.15) is 76.2 Å². The highest BCUT2D eigenvalue weighted by molar-refractivity contribution is 6.00. The number of likely N-dealkylation sites (tertiary alicyclic amines) is 1. The summed E-state index contributed by atoms with van der Waals surface area (Å²) < 4.78 is 13.2. The van der Waals surface area contributed by atoms with Gasteiger partial charge in [-0.1, -0.05) is 37.3 Å². The van der Waals surface area contributed by atoms with E-state index in [0.717, 1.165) is 77.1 Å². The minimum atomic E-state index is -0.276. The van der Waals surface area contributed by atoms with E-state index in [1.807, 2.05) is 16.9 Å². The van der Waals surface area contributed by atoms with Crippen LogP contribution < -0.4 is 26.0 Å². The lowest BCUT2D eigenvalue weighted by atomic mass is 10.00. The Balaban J connectivity index is 0.945. The maximum atomic E-state index is 13.7. The van der Waals surface area contributed by atoms with Crippen molar-refractivity contribution in [2.45, 2.75) is 83.8 Å². The smallest absolute Gasteiger partial charge is 0.251 e. The first-order chi connectivity index (χ1) is 27.4. The van der Waals surface area contributed by atoms with Gasteiger partial charge in [-0.15, -0.1) is 0 Å². The molecular formula is C44H52N8O4. The molecule has 2 amide bonds.